The summed E-state index contributed by atoms with van der Waals surface area (Å²) < 4.78 is 5.81. The predicted octanol–water partition coefficient (Wildman–Crippen LogP) is 2.27. The van der Waals surface area contributed by atoms with E-state index in [1.807, 2.05) is 38.1 Å². The Morgan fingerprint density at radius 3 is 2.74 bits per heavy atom. The minimum absolute atomic E-state index is 0.173. The third-order valence-electron chi connectivity index (χ3n) is 4.24. The first kappa shape index (κ1) is 17.1. The zero-order valence-electron chi connectivity index (χ0n) is 13.8. The quantitative estimate of drug-likeness (QED) is 0.872. The van der Waals surface area contributed by atoms with Gasteiger partial charge in [0.2, 0.25) is 0 Å². The number of urea groups is 1. The van der Waals surface area contributed by atoms with E-state index >= 15 is 0 Å². The third kappa shape index (κ3) is 4.15. The Morgan fingerprint density at radius 2 is 2.13 bits per heavy atom. The van der Waals surface area contributed by atoms with Crippen LogP contribution in [0.5, 0.6) is 5.75 Å². The van der Waals surface area contributed by atoms with Gasteiger partial charge < -0.3 is 20.1 Å². The maximum absolute atomic E-state index is 12.1. The van der Waals surface area contributed by atoms with Crippen LogP contribution in [-0.4, -0.2) is 47.7 Å². The highest BCUT2D eigenvalue weighted by Gasteiger charge is 2.42. The molecular formula is C17H24N2O4. The van der Waals surface area contributed by atoms with E-state index in [0.717, 1.165) is 11.3 Å². The monoisotopic (exact) mass is 320 g/mol. The molecule has 0 bridgehead atoms. The van der Waals surface area contributed by atoms with Crippen LogP contribution in [0.1, 0.15) is 25.8 Å². The highest BCUT2D eigenvalue weighted by Crippen LogP contribution is 2.29. The Morgan fingerprint density at radius 1 is 1.43 bits per heavy atom. The molecule has 6 nitrogen and oxygen atoms in total. The first-order valence-corrected chi connectivity index (χ1v) is 7.80. The maximum Gasteiger partial charge on any atom is 0.317 e. The number of likely N-dealkylation sites (tertiary alicyclic amines) is 1. The molecule has 1 saturated heterocycles. The van der Waals surface area contributed by atoms with Gasteiger partial charge in [0.15, 0.2) is 0 Å². The van der Waals surface area contributed by atoms with Crippen LogP contribution in [-0.2, 0) is 4.79 Å². The molecule has 1 fully saturated rings. The lowest BCUT2D eigenvalue weighted by molar-refractivity contribution is -0.147. The molecule has 0 aliphatic carbocycles. The Bertz CT molecular complexity index is 590. The fourth-order valence-electron chi connectivity index (χ4n) is 2.60. The summed E-state index contributed by atoms with van der Waals surface area (Å²) in [7, 11) is 0. The molecule has 0 saturated carbocycles. The van der Waals surface area contributed by atoms with Crippen molar-refractivity contribution in [2.75, 3.05) is 19.6 Å². The van der Waals surface area contributed by atoms with E-state index in [9.17, 15) is 14.7 Å². The van der Waals surface area contributed by atoms with Crippen molar-refractivity contribution >= 4 is 12.0 Å². The summed E-state index contributed by atoms with van der Waals surface area (Å²) in [6, 6.07) is 7.48. The Hall–Kier alpha value is -2.24. The average molecular weight is 320 g/mol. The zero-order valence-corrected chi connectivity index (χ0v) is 13.8. The van der Waals surface area contributed by atoms with Crippen molar-refractivity contribution in [1.29, 1.82) is 0 Å². The molecule has 2 rings (SSSR count). The second kappa shape index (κ2) is 6.89. The first-order valence-electron chi connectivity index (χ1n) is 7.80. The summed E-state index contributed by atoms with van der Waals surface area (Å²) in [5.41, 5.74) is 0.197. The molecule has 1 aliphatic heterocycles. The number of amides is 2. The molecular weight excluding hydrogens is 296 g/mol. The highest BCUT2D eigenvalue weighted by atomic mass is 16.5. The van der Waals surface area contributed by atoms with Crippen LogP contribution < -0.4 is 10.1 Å². The average Bonchev–Trinajstić information content (AvgIpc) is 2.91. The maximum atomic E-state index is 12.1. The van der Waals surface area contributed by atoms with Crippen molar-refractivity contribution in [2.45, 2.75) is 33.3 Å². The molecule has 2 amide bonds. The van der Waals surface area contributed by atoms with Gasteiger partial charge in [0, 0.05) is 13.1 Å². The number of carboxylic acid groups (broad SMARTS) is 1. The fourth-order valence-corrected chi connectivity index (χ4v) is 2.60. The lowest BCUT2D eigenvalue weighted by atomic mass is 9.90. The van der Waals surface area contributed by atoms with Crippen molar-refractivity contribution in [3.8, 4) is 5.75 Å². The summed E-state index contributed by atoms with van der Waals surface area (Å²) in [6.45, 7) is 6.60. The molecule has 126 valence electrons. The number of aliphatic carboxylic acids is 1. The van der Waals surface area contributed by atoms with E-state index in [0.29, 0.717) is 19.5 Å². The van der Waals surface area contributed by atoms with Crippen molar-refractivity contribution in [3.05, 3.63) is 29.8 Å². The molecule has 0 spiro atoms. The zero-order chi connectivity index (χ0) is 17.0. The summed E-state index contributed by atoms with van der Waals surface area (Å²) in [5, 5.41) is 12.0. The molecule has 2 atom stereocenters. The number of ether oxygens (including phenoxy) is 1. The van der Waals surface area contributed by atoms with Gasteiger partial charge in [-0.3, -0.25) is 4.79 Å². The largest absolute Gasteiger partial charge is 0.489 e. The van der Waals surface area contributed by atoms with Gasteiger partial charge in [-0.2, -0.15) is 0 Å². The SMILES string of the molecule is Cc1ccccc1OC(C)CNC(=O)N1CCC(C)(C(=O)O)C1. The lowest BCUT2D eigenvalue weighted by Gasteiger charge is -2.22. The minimum Gasteiger partial charge on any atom is -0.489 e. The second-order valence-corrected chi connectivity index (χ2v) is 6.42. The molecule has 1 aliphatic rings. The molecule has 0 aromatic heterocycles. The third-order valence-corrected chi connectivity index (χ3v) is 4.24. The summed E-state index contributed by atoms with van der Waals surface area (Å²) in [4.78, 5) is 24.9. The Kier molecular flexibility index (Phi) is 5.13. The Labute approximate surface area is 136 Å². The molecule has 23 heavy (non-hydrogen) atoms. The number of hydrogen-bond donors (Lipinski definition) is 2. The molecule has 6 heteroatoms. The van der Waals surface area contributed by atoms with E-state index in [-0.39, 0.29) is 18.7 Å². The molecule has 1 aromatic carbocycles. The van der Waals surface area contributed by atoms with Crippen LogP contribution in [0.25, 0.3) is 0 Å². The molecule has 2 unspecified atom stereocenters. The summed E-state index contributed by atoms with van der Waals surface area (Å²) >= 11 is 0. The number of hydrogen-bond acceptors (Lipinski definition) is 3. The number of benzene rings is 1. The highest BCUT2D eigenvalue weighted by molar-refractivity contribution is 5.79. The number of nitrogens with one attached hydrogen (secondary N) is 1. The summed E-state index contributed by atoms with van der Waals surface area (Å²) in [5.74, 6) is -0.0575. The summed E-state index contributed by atoms with van der Waals surface area (Å²) in [6.07, 6.45) is 0.305. The van der Waals surface area contributed by atoms with Crippen LogP contribution >= 0.6 is 0 Å². The Balaban J connectivity index is 1.81. The number of nitrogens with zero attached hydrogens (tertiary/aromatic N) is 1. The second-order valence-electron chi connectivity index (χ2n) is 6.42. The minimum atomic E-state index is -0.857. The number of carbonyl (C=O) groups excluding carboxylic acids is 1. The van der Waals surface area contributed by atoms with E-state index < -0.39 is 11.4 Å². The lowest BCUT2D eigenvalue weighted by Crippen LogP contribution is -2.43. The van der Waals surface area contributed by atoms with E-state index in [1.165, 1.54) is 0 Å². The number of aryl methyl sites for hydroxylation is 1. The van der Waals surface area contributed by atoms with Crippen LogP contribution in [0.2, 0.25) is 0 Å². The normalized spacial score (nSPS) is 21.8. The fraction of sp³-hybridized carbons (Fsp3) is 0.529. The van der Waals surface area contributed by atoms with Crippen molar-refractivity contribution in [3.63, 3.8) is 0 Å². The molecule has 1 aromatic rings. The molecule has 1 heterocycles. The number of carbonyl (C=O) groups is 2. The van der Waals surface area contributed by atoms with Crippen molar-refractivity contribution in [1.82, 2.24) is 10.2 Å². The van der Waals surface area contributed by atoms with Crippen LogP contribution in [0, 0.1) is 12.3 Å². The first-order chi connectivity index (χ1) is 10.8. The van der Waals surface area contributed by atoms with Gasteiger partial charge in [-0.15, -0.1) is 0 Å². The topological polar surface area (TPSA) is 78.9 Å². The van der Waals surface area contributed by atoms with Gasteiger partial charge in [0.25, 0.3) is 0 Å². The molecule has 2 N–H and O–H groups in total. The van der Waals surface area contributed by atoms with Gasteiger partial charge in [-0.25, -0.2) is 4.79 Å². The smallest absolute Gasteiger partial charge is 0.317 e. The van der Waals surface area contributed by atoms with Gasteiger partial charge in [-0.1, -0.05) is 18.2 Å². The van der Waals surface area contributed by atoms with Crippen LogP contribution in [0.3, 0.4) is 0 Å². The predicted molar refractivity (Wildman–Crippen MR) is 86.6 cm³/mol. The van der Waals surface area contributed by atoms with Crippen molar-refractivity contribution < 1.29 is 19.4 Å². The van der Waals surface area contributed by atoms with Gasteiger partial charge in [0.05, 0.1) is 12.0 Å². The van der Waals surface area contributed by atoms with Gasteiger partial charge in [0.1, 0.15) is 11.9 Å². The van der Waals surface area contributed by atoms with Gasteiger partial charge in [-0.05, 0) is 38.8 Å². The van der Waals surface area contributed by atoms with Crippen LogP contribution in [0.15, 0.2) is 24.3 Å². The van der Waals surface area contributed by atoms with E-state index in [1.54, 1.807) is 11.8 Å². The number of para-hydroxylation sites is 1. The molecule has 0 radical (unpaired) electrons. The van der Waals surface area contributed by atoms with Gasteiger partial charge >= 0.3 is 12.0 Å². The number of rotatable bonds is 5. The number of carboxylic acids is 1. The van der Waals surface area contributed by atoms with E-state index in [4.69, 9.17) is 4.74 Å². The van der Waals surface area contributed by atoms with Crippen LogP contribution in [0.4, 0.5) is 4.79 Å². The van der Waals surface area contributed by atoms with Crippen molar-refractivity contribution in [2.24, 2.45) is 5.41 Å². The standard InChI is InChI=1S/C17H24N2O4/c1-12-6-4-5-7-14(12)23-13(2)10-18-16(22)19-9-8-17(3,11-19)15(20)21/h4-7,13H,8-11H2,1-3H3,(H,18,22)(H,20,21). The van der Waals surface area contributed by atoms with E-state index in [2.05, 4.69) is 5.32 Å².